The van der Waals surface area contributed by atoms with Gasteiger partial charge in [0.2, 0.25) is 0 Å². The predicted octanol–water partition coefficient (Wildman–Crippen LogP) is 2.11. The summed E-state index contributed by atoms with van der Waals surface area (Å²) < 4.78 is 12.9. The lowest BCUT2D eigenvalue weighted by Crippen LogP contribution is -2.24. The molecule has 1 aromatic carbocycles. The molecule has 2 nitrogen and oxygen atoms in total. The third kappa shape index (κ3) is 1.38. The molecule has 0 aromatic heterocycles. The Morgan fingerprint density at radius 1 is 1.50 bits per heavy atom. The largest absolute Gasteiger partial charge is 0.394 e. The summed E-state index contributed by atoms with van der Waals surface area (Å²) in [6.45, 7) is 2.17. The number of hydrogen-bond donors (Lipinski definition) is 2. The molecule has 1 aliphatic heterocycles. The molecule has 3 heteroatoms. The van der Waals surface area contributed by atoms with Crippen molar-refractivity contribution < 1.29 is 9.50 Å². The molecule has 0 saturated heterocycles. The van der Waals surface area contributed by atoms with Crippen molar-refractivity contribution in [2.75, 3.05) is 11.9 Å². The standard InChI is InChI=1S/C11H14FNO/c1-2-8-9-4-3-7(12)5-10(9)13-11(8)6-14/h3-5,8,11,13-14H,2,6H2,1H3. The Bertz CT molecular complexity index is 340. The zero-order chi connectivity index (χ0) is 10.1. The number of aliphatic hydroxyl groups is 1. The van der Waals surface area contributed by atoms with Crippen molar-refractivity contribution >= 4 is 5.69 Å². The molecule has 14 heavy (non-hydrogen) atoms. The predicted molar refractivity (Wildman–Crippen MR) is 53.9 cm³/mol. The third-order valence-corrected chi connectivity index (χ3v) is 2.88. The minimum Gasteiger partial charge on any atom is -0.394 e. The number of fused-ring (bicyclic) bond motifs is 1. The van der Waals surface area contributed by atoms with Crippen molar-refractivity contribution in [1.29, 1.82) is 0 Å². The van der Waals surface area contributed by atoms with Crippen LogP contribution in [0, 0.1) is 5.82 Å². The van der Waals surface area contributed by atoms with E-state index in [1.54, 1.807) is 0 Å². The first-order valence-electron chi connectivity index (χ1n) is 4.93. The highest BCUT2D eigenvalue weighted by atomic mass is 19.1. The lowest BCUT2D eigenvalue weighted by atomic mass is 9.93. The van der Waals surface area contributed by atoms with Gasteiger partial charge in [-0.15, -0.1) is 0 Å². The van der Waals surface area contributed by atoms with Crippen LogP contribution in [-0.2, 0) is 0 Å². The SMILES string of the molecule is CCC1c2ccc(F)cc2NC1CO. The summed E-state index contributed by atoms with van der Waals surface area (Å²) in [4.78, 5) is 0. The highest BCUT2D eigenvalue weighted by Crippen LogP contribution is 2.37. The van der Waals surface area contributed by atoms with E-state index in [0.29, 0.717) is 5.92 Å². The number of hydrogen-bond acceptors (Lipinski definition) is 2. The van der Waals surface area contributed by atoms with Crippen molar-refractivity contribution in [1.82, 2.24) is 0 Å². The molecule has 0 aliphatic carbocycles. The van der Waals surface area contributed by atoms with Crippen molar-refractivity contribution in [3.05, 3.63) is 29.6 Å². The topological polar surface area (TPSA) is 32.3 Å². The van der Waals surface area contributed by atoms with Crippen LogP contribution in [0.2, 0.25) is 0 Å². The zero-order valence-corrected chi connectivity index (χ0v) is 8.13. The van der Waals surface area contributed by atoms with Crippen LogP contribution in [0.5, 0.6) is 0 Å². The van der Waals surface area contributed by atoms with E-state index in [2.05, 4.69) is 12.2 Å². The summed E-state index contributed by atoms with van der Waals surface area (Å²) in [6, 6.07) is 4.81. The Morgan fingerprint density at radius 2 is 2.29 bits per heavy atom. The van der Waals surface area contributed by atoms with Gasteiger partial charge in [-0.2, -0.15) is 0 Å². The van der Waals surface area contributed by atoms with E-state index < -0.39 is 0 Å². The van der Waals surface area contributed by atoms with Crippen LogP contribution in [0.4, 0.5) is 10.1 Å². The van der Waals surface area contributed by atoms with Crippen molar-refractivity contribution in [3.8, 4) is 0 Å². The Morgan fingerprint density at radius 3 is 2.93 bits per heavy atom. The van der Waals surface area contributed by atoms with E-state index in [0.717, 1.165) is 17.7 Å². The summed E-state index contributed by atoms with van der Waals surface area (Å²) in [7, 11) is 0. The van der Waals surface area contributed by atoms with Gasteiger partial charge >= 0.3 is 0 Å². The fourth-order valence-electron chi connectivity index (χ4n) is 2.17. The van der Waals surface area contributed by atoms with Gasteiger partial charge in [0.05, 0.1) is 12.6 Å². The van der Waals surface area contributed by atoms with Crippen LogP contribution in [0.15, 0.2) is 18.2 Å². The number of rotatable bonds is 2. The highest BCUT2D eigenvalue weighted by Gasteiger charge is 2.30. The molecule has 2 rings (SSSR count). The Labute approximate surface area is 82.8 Å². The van der Waals surface area contributed by atoms with Gasteiger partial charge in [0.25, 0.3) is 0 Å². The summed E-state index contributed by atoms with van der Waals surface area (Å²) in [6.07, 6.45) is 0.955. The zero-order valence-electron chi connectivity index (χ0n) is 8.13. The van der Waals surface area contributed by atoms with Gasteiger partial charge in [-0.3, -0.25) is 0 Å². The molecular weight excluding hydrogens is 181 g/mol. The molecule has 0 fully saturated rings. The molecule has 2 N–H and O–H groups in total. The second kappa shape index (κ2) is 3.58. The summed E-state index contributed by atoms with van der Waals surface area (Å²) in [5.74, 6) is 0.0697. The van der Waals surface area contributed by atoms with Crippen LogP contribution in [0.25, 0.3) is 0 Å². The quantitative estimate of drug-likeness (QED) is 0.757. The molecule has 2 unspecified atom stereocenters. The maximum atomic E-state index is 12.9. The van der Waals surface area contributed by atoms with Gasteiger partial charge in [0, 0.05) is 11.6 Å². The third-order valence-electron chi connectivity index (χ3n) is 2.88. The van der Waals surface area contributed by atoms with Gasteiger partial charge < -0.3 is 10.4 Å². The minimum absolute atomic E-state index is 0.0387. The van der Waals surface area contributed by atoms with E-state index in [9.17, 15) is 4.39 Å². The Balaban J connectivity index is 2.37. The first-order valence-corrected chi connectivity index (χ1v) is 4.93. The fourth-order valence-corrected chi connectivity index (χ4v) is 2.17. The van der Waals surface area contributed by atoms with Crippen molar-refractivity contribution in [2.24, 2.45) is 0 Å². The average molecular weight is 195 g/mol. The number of nitrogens with one attached hydrogen (secondary N) is 1. The number of benzene rings is 1. The molecule has 0 amide bonds. The molecule has 0 saturated carbocycles. The molecule has 0 bridgehead atoms. The van der Waals surface area contributed by atoms with Crippen LogP contribution in [0.3, 0.4) is 0 Å². The van der Waals surface area contributed by atoms with E-state index in [4.69, 9.17) is 5.11 Å². The minimum atomic E-state index is -0.232. The summed E-state index contributed by atoms with van der Waals surface area (Å²) in [5, 5.41) is 12.3. The second-order valence-electron chi connectivity index (χ2n) is 3.68. The summed E-state index contributed by atoms with van der Waals surface area (Å²) >= 11 is 0. The fraction of sp³-hybridized carbons (Fsp3) is 0.455. The number of aliphatic hydroxyl groups excluding tert-OH is 1. The molecule has 76 valence electrons. The molecule has 1 heterocycles. The van der Waals surface area contributed by atoms with Crippen LogP contribution in [-0.4, -0.2) is 17.8 Å². The Kier molecular flexibility index (Phi) is 2.42. The summed E-state index contributed by atoms with van der Waals surface area (Å²) in [5.41, 5.74) is 1.95. The van der Waals surface area contributed by atoms with Gasteiger partial charge in [0.1, 0.15) is 5.82 Å². The molecular formula is C11H14FNO. The van der Waals surface area contributed by atoms with Crippen molar-refractivity contribution in [2.45, 2.75) is 25.3 Å². The van der Waals surface area contributed by atoms with Gasteiger partial charge in [-0.25, -0.2) is 4.39 Å². The van der Waals surface area contributed by atoms with E-state index in [1.165, 1.54) is 12.1 Å². The smallest absolute Gasteiger partial charge is 0.125 e. The van der Waals surface area contributed by atoms with E-state index in [1.807, 2.05) is 6.07 Å². The maximum Gasteiger partial charge on any atom is 0.125 e. The van der Waals surface area contributed by atoms with Crippen LogP contribution in [0.1, 0.15) is 24.8 Å². The van der Waals surface area contributed by atoms with Gasteiger partial charge in [-0.1, -0.05) is 13.0 Å². The van der Waals surface area contributed by atoms with E-state index in [-0.39, 0.29) is 18.5 Å². The van der Waals surface area contributed by atoms with Crippen LogP contribution >= 0.6 is 0 Å². The maximum absolute atomic E-state index is 12.9. The number of anilines is 1. The Hall–Kier alpha value is -1.09. The van der Waals surface area contributed by atoms with Gasteiger partial charge in [0.15, 0.2) is 0 Å². The first-order chi connectivity index (χ1) is 6.76. The molecule has 0 spiro atoms. The molecule has 2 atom stereocenters. The first kappa shape index (κ1) is 9.46. The monoisotopic (exact) mass is 195 g/mol. The highest BCUT2D eigenvalue weighted by molar-refractivity contribution is 5.59. The van der Waals surface area contributed by atoms with E-state index >= 15 is 0 Å². The lowest BCUT2D eigenvalue weighted by Gasteiger charge is -2.15. The average Bonchev–Trinajstić information content (AvgIpc) is 2.54. The lowest BCUT2D eigenvalue weighted by molar-refractivity contribution is 0.261. The molecule has 1 aromatic rings. The number of halogens is 1. The van der Waals surface area contributed by atoms with Gasteiger partial charge in [-0.05, 0) is 24.1 Å². The normalized spacial score (nSPS) is 24.5. The van der Waals surface area contributed by atoms with Crippen LogP contribution < -0.4 is 5.32 Å². The van der Waals surface area contributed by atoms with Crippen molar-refractivity contribution in [3.63, 3.8) is 0 Å². The second-order valence-corrected chi connectivity index (χ2v) is 3.68. The molecule has 0 radical (unpaired) electrons. The molecule has 1 aliphatic rings.